The summed E-state index contributed by atoms with van der Waals surface area (Å²) in [6.45, 7) is 11.2. The smallest absolute Gasteiger partial charge is 0.410 e. The predicted octanol–water partition coefficient (Wildman–Crippen LogP) is 5.84. The number of hydrogen-bond acceptors (Lipinski definition) is 6. The maximum absolute atomic E-state index is 13.2. The summed E-state index contributed by atoms with van der Waals surface area (Å²) in [5.74, 6) is -0.612. The molecule has 38 heavy (non-hydrogen) atoms. The first-order valence-corrected chi connectivity index (χ1v) is 13.0. The van der Waals surface area contributed by atoms with Gasteiger partial charge in [0.15, 0.2) is 0 Å². The van der Waals surface area contributed by atoms with E-state index in [-0.39, 0.29) is 25.6 Å². The first-order valence-electron chi connectivity index (χ1n) is 13.0. The summed E-state index contributed by atoms with van der Waals surface area (Å²) in [6.07, 6.45) is -0.613. The highest BCUT2D eigenvalue weighted by molar-refractivity contribution is 5.80. The van der Waals surface area contributed by atoms with Crippen molar-refractivity contribution in [2.24, 2.45) is 0 Å². The quantitative estimate of drug-likeness (QED) is 0.319. The highest BCUT2D eigenvalue weighted by atomic mass is 16.6. The zero-order chi connectivity index (χ0) is 28.1. The molecular formula is C30H40N2O6. The summed E-state index contributed by atoms with van der Waals surface area (Å²) < 4.78 is 16.6. The molecule has 0 aromatic heterocycles. The molecule has 2 aromatic rings. The average molecular weight is 525 g/mol. The Morgan fingerprint density at radius 3 is 1.82 bits per heavy atom. The standard InChI is InChI=1S/C30H40N2O6/c1-29(2,3)37-26(33)19-32(18-12-17-31(7)27(34)38-30(4,5)6)28(35)36-20-25-23-15-10-8-13-21(23)22-14-9-11-16-24(22)25/h8-11,13-16,25H,12,17-20H2,1-7H3. The summed E-state index contributed by atoms with van der Waals surface area (Å²) in [5, 5.41) is 0. The number of fused-ring (bicyclic) bond motifs is 3. The molecule has 8 heteroatoms. The topological polar surface area (TPSA) is 85.4 Å². The first kappa shape index (κ1) is 29.0. The molecule has 0 bridgehead atoms. The summed E-state index contributed by atoms with van der Waals surface area (Å²) >= 11 is 0. The second kappa shape index (κ2) is 11.9. The van der Waals surface area contributed by atoms with Gasteiger partial charge in [0.05, 0.1) is 0 Å². The van der Waals surface area contributed by atoms with Crippen LogP contribution in [0.1, 0.15) is 65.0 Å². The molecule has 0 atom stereocenters. The van der Waals surface area contributed by atoms with Crippen molar-refractivity contribution in [1.29, 1.82) is 0 Å². The Labute approximate surface area is 225 Å². The molecule has 206 valence electrons. The molecule has 0 spiro atoms. The lowest BCUT2D eigenvalue weighted by molar-refractivity contribution is -0.155. The maximum atomic E-state index is 13.2. The molecule has 1 aliphatic rings. The second-order valence-corrected chi connectivity index (χ2v) is 11.6. The van der Waals surface area contributed by atoms with Crippen LogP contribution in [0.3, 0.4) is 0 Å². The van der Waals surface area contributed by atoms with Crippen molar-refractivity contribution in [3.63, 3.8) is 0 Å². The van der Waals surface area contributed by atoms with Crippen molar-refractivity contribution < 1.29 is 28.6 Å². The summed E-state index contributed by atoms with van der Waals surface area (Å²) in [7, 11) is 1.64. The van der Waals surface area contributed by atoms with Crippen molar-refractivity contribution >= 4 is 18.2 Å². The SMILES string of the molecule is CN(CCCN(CC(=O)OC(C)(C)C)C(=O)OCC1c2ccccc2-c2ccccc21)C(=O)OC(C)(C)C. The fourth-order valence-corrected chi connectivity index (χ4v) is 4.38. The Bertz CT molecular complexity index is 1100. The van der Waals surface area contributed by atoms with Crippen LogP contribution in [-0.2, 0) is 19.0 Å². The number of esters is 1. The summed E-state index contributed by atoms with van der Waals surface area (Å²) in [6, 6.07) is 16.2. The van der Waals surface area contributed by atoms with Crippen LogP contribution in [0.5, 0.6) is 0 Å². The molecule has 0 N–H and O–H groups in total. The molecule has 0 saturated heterocycles. The van der Waals surface area contributed by atoms with E-state index in [2.05, 4.69) is 24.3 Å². The number of ether oxygens (including phenoxy) is 3. The highest BCUT2D eigenvalue weighted by Gasteiger charge is 2.30. The van der Waals surface area contributed by atoms with Gasteiger partial charge < -0.3 is 19.1 Å². The first-order chi connectivity index (χ1) is 17.7. The third-order valence-corrected chi connectivity index (χ3v) is 5.96. The lowest BCUT2D eigenvalue weighted by Crippen LogP contribution is -2.41. The lowest BCUT2D eigenvalue weighted by Gasteiger charge is -2.27. The molecule has 8 nitrogen and oxygen atoms in total. The van der Waals surface area contributed by atoms with Crippen molar-refractivity contribution in [3.05, 3.63) is 59.7 Å². The van der Waals surface area contributed by atoms with E-state index in [1.165, 1.54) is 9.80 Å². The molecule has 0 heterocycles. The number of benzene rings is 2. The van der Waals surface area contributed by atoms with Crippen LogP contribution in [0, 0.1) is 0 Å². The van der Waals surface area contributed by atoms with E-state index in [1.807, 2.05) is 24.3 Å². The van der Waals surface area contributed by atoms with Gasteiger partial charge in [-0.25, -0.2) is 9.59 Å². The minimum absolute atomic E-state index is 0.0898. The Balaban J connectivity index is 1.66. The monoisotopic (exact) mass is 524 g/mol. The highest BCUT2D eigenvalue weighted by Crippen LogP contribution is 2.44. The van der Waals surface area contributed by atoms with Crippen LogP contribution in [0.15, 0.2) is 48.5 Å². The number of hydrogen-bond donors (Lipinski definition) is 0. The molecule has 3 rings (SSSR count). The van der Waals surface area contributed by atoms with Gasteiger partial charge in [0, 0.05) is 26.1 Å². The maximum Gasteiger partial charge on any atom is 0.410 e. The Hall–Kier alpha value is -3.55. The van der Waals surface area contributed by atoms with Gasteiger partial charge in [-0.15, -0.1) is 0 Å². The molecule has 0 unspecified atom stereocenters. The molecule has 1 aliphatic carbocycles. The molecule has 0 saturated carbocycles. The zero-order valence-electron chi connectivity index (χ0n) is 23.6. The van der Waals surface area contributed by atoms with Gasteiger partial charge in [0.2, 0.25) is 0 Å². The number of amides is 2. The van der Waals surface area contributed by atoms with Crippen LogP contribution in [-0.4, -0.2) is 72.4 Å². The van der Waals surface area contributed by atoms with Crippen molar-refractivity contribution in [1.82, 2.24) is 9.80 Å². The van der Waals surface area contributed by atoms with Gasteiger partial charge in [0.1, 0.15) is 24.4 Å². The summed E-state index contributed by atoms with van der Waals surface area (Å²) in [4.78, 5) is 40.8. The molecule has 2 amide bonds. The summed E-state index contributed by atoms with van der Waals surface area (Å²) in [5.41, 5.74) is 3.22. The van der Waals surface area contributed by atoms with Crippen LogP contribution in [0.25, 0.3) is 11.1 Å². The Kier molecular flexibility index (Phi) is 9.07. The number of carbonyl (C=O) groups is 3. The largest absolute Gasteiger partial charge is 0.459 e. The van der Waals surface area contributed by atoms with Gasteiger partial charge in [0.25, 0.3) is 0 Å². The number of carbonyl (C=O) groups excluding carboxylic acids is 3. The van der Waals surface area contributed by atoms with Crippen molar-refractivity contribution in [2.75, 3.05) is 33.3 Å². The van der Waals surface area contributed by atoms with Crippen LogP contribution in [0.2, 0.25) is 0 Å². The van der Waals surface area contributed by atoms with Gasteiger partial charge in [-0.2, -0.15) is 0 Å². The van der Waals surface area contributed by atoms with Gasteiger partial charge in [-0.3, -0.25) is 9.69 Å². The third kappa shape index (κ3) is 7.97. The Morgan fingerprint density at radius 2 is 1.29 bits per heavy atom. The lowest BCUT2D eigenvalue weighted by atomic mass is 9.98. The molecular weight excluding hydrogens is 484 g/mol. The van der Waals surface area contributed by atoms with Crippen LogP contribution in [0.4, 0.5) is 9.59 Å². The Morgan fingerprint density at radius 1 is 0.763 bits per heavy atom. The van der Waals surface area contributed by atoms with E-state index in [4.69, 9.17) is 14.2 Å². The normalized spacial score (nSPS) is 12.8. The van der Waals surface area contributed by atoms with E-state index in [9.17, 15) is 14.4 Å². The molecule has 0 aliphatic heterocycles. The number of nitrogens with zero attached hydrogens (tertiary/aromatic N) is 2. The van der Waals surface area contributed by atoms with Gasteiger partial charge >= 0.3 is 18.2 Å². The fourth-order valence-electron chi connectivity index (χ4n) is 4.38. The van der Waals surface area contributed by atoms with E-state index in [0.717, 1.165) is 22.3 Å². The zero-order valence-corrected chi connectivity index (χ0v) is 23.6. The van der Waals surface area contributed by atoms with E-state index < -0.39 is 29.4 Å². The fraction of sp³-hybridized carbons (Fsp3) is 0.500. The minimum Gasteiger partial charge on any atom is -0.459 e. The minimum atomic E-state index is -0.680. The van der Waals surface area contributed by atoms with Crippen LogP contribution < -0.4 is 0 Å². The van der Waals surface area contributed by atoms with Crippen LogP contribution >= 0.6 is 0 Å². The van der Waals surface area contributed by atoms with E-state index in [1.54, 1.807) is 48.6 Å². The number of rotatable bonds is 8. The molecule has 0 radical (unpaired) electrons. The second-order valence-electron chi connectivity index (χ2n) is 11.6. The van der Waals surface area contributed by atoms with Gasteiger partial charge in [-0.1, -0.05) is 48.5 Å². The molecule has 2 aromatic carbocycles. The van der Waals surface area contributed by atoms with Crippen molar-refractivity contribution in [3.8, 4) is 11.1 Å². The molecule has 0 fully saturated rings. The van der Waals surface area contributed by atoms with Crippen molar-refractivity contribution in [2.45, 2.75) is 65.1 Å². The van der Waals surface area contributed by atoms with E-state index in [0.29, 0.717) is 13.0 Å². The van der Waals surface area contributed by atoms with Gasteiger partial charge in [-0.05, 0) is 70.2 Å². The third-order valence-electron chi connectivity index (χ3n) is 5.96. The van der Waals surface area contributed by atoms with E-state index >= 15 is 0 Å². The average Bonchev–Trinajstić information content (AvgIpc) is 3.13. The predicted molar refractivity (Wildman–Crippen MR) is 146 cm³/mol.